The molecule has 2 aromatic carbocycles. The summed E-state index contributed by atoms with van der Waals surface area (Å²) in [5.41, 5.74) is 2.99. The van der Waals surface area contributed by atoms with E-state index in [1.165, 1.54) is 0 Å². The first-order chi connectivity index (χ1) is 17.9. The molecule has 0 fully saturated rings. The van der Waals surface area contributed by atoms with Crippen LogP contribution in [-0.2, 0) is 6.54 Å². The lowest BCUT2D eigenvalue weighted by Crippen LogP contribution is -2.45. The second-order valence-corrected chi connectivity index (χ2v) is 9.88. The summed E-state index contributed by atoms with van der Waals surface area (Å²) in [7, 11) is 2.04. The van der Waals surface area contributed by atoms with Crippen molar-refractivity contribution in [2.24, 2.45) is 0 Å². The fraction of sp³-hybridized carbons (Fsp3) is 0.286. The van der Waals surface area contributed by atoms with Crippen LogP contribution in [0.15, 0.2) is 71.4 Å². The lowest BCUT2D eigenvalue weighted by molar-refractivity contribution is 0.0604. The molecule has 9 heteroatoms. The second kappa shape index (κ2) is 10.7. The quantitative estimate of drug-likeness (QED) is 0.333. The summed E-state index contributed by atoms with van der Waals surface area (Å²) in [4.78, 5) is 21.7. The SMILES string of the molecule is CC(C)N1C[C@@H](CN(C)Cc2ccc(Cl)cc2)Oc2c(cccc2-c2nnc(-c3ccncc3)o2)C1=O. The number of rotatable bonds is 7. The molecule has 2 aromatic heterocycles. The predicted molar refractivity (Wildman–Crippen MR) is 141 cm³/mol. The van der Waals surface area contributed by atoms with Crippen LogP contribution in [-0.4, -0.2) is 63.2 Å². The highest BCUT2D eigenvalue weighted by atomic mass is 35.5. The van der Waals surface area contributed by atoms with Gasteiger partial charge in [0.25, 0.3) is 11.8 Å². The van der Waals surface area contributed by atoms with Crippen LogP contribution >= 0.6 is 11.6 Å². The molecule has 0 radical (unpaired) electrons. The van der Waals surface area contributed by atoms with Crippen LogP contribution in [0.5, 0.6) is 5.75 Å². The standard InChI is InChI=1S/C28H28ClN5O3/c1-18(2)34-17-22(16-33(3)15-19-7-9-21(29)10-8-19)36-25-23(5-4-6-24(25)28(34)35)27-32-31-26(37-27)20-11-13-30-14-12-20/h4-14,18,22H,15-17H2,1-3H3/t22-/m1/s1. The third-order valence-corrected chi connectivity index (χ3v) is 6.53. The van der Waals surface area contributed by atoms with E-state index in [4.69, 9.17) is 20.8 Å². The largest absolute Gasteiger partial charge is 0.486 e. The van der Waals surface area contributed by atoms with Crippen molar-refractivity contribution in [3.05, 3.63) is 83.1 Å². The molecule has 0 saturated carbocycles. The van der Waals surface area contributed by atoms with E-state index in [1.54, 1.807) is 30.6 Å². The Morgan fingerprint density at radius 3 is 2.46 bits per heavy atom. The Labute approximate surface area is 220 Å². The highest BCUT2D eigenvalue weighted by molar-refractivity contribution is 6.30. The number of likely N-dealkylation sites (N-methyl/N-ethyl adjacent to an activating group) is 1. The van der Waals surface area contributed by atoms with Gasteiger partial charge < -0.3 is 14.1 Å². The Balaban J connectivity index is 1.46. The average Bonchev–Trinajstić information content (AvgIpc) is 3.33. The van der Waals surface area contributed by atoms with Gasteiger partial charge in [0.1, 0.15) is 11.9 Å². The third-order valence-electron chi connectivity index (χ3n) is 6.28. The monoisotopic (exact) mass is 517 g/mol. The number of benzene rings is 2. The molecule has 0 unspecified atom stereocenters. The number of halogens is 1. The number of carbonyl (C=O) groups is 1. The molecule has 37 heavy (non-hydrogen) atoms. The van der Waals surface area contributed by atoms with E-state index in [1.807, 2.05) is 62.2 Å². The maximum absolute atomic E-state index is 13.6. The summed E-state index contributed by atoms with van der Waals surface area (Å²) >= 11 is 6.04. The molecule has 0 saturated heterocycles. The van der Waals surface area contributed by atoms with E-state index in [-0.39, 0.29) is 18.1 Å². The van der Waals surface area contributed by atoms with E-state index in [2.05, 4.69) is 20.1 Å². The molecule has 190 valence electrons. The van der Waals surface area contributed by atoms with E-state index < -0.39 is 0 Å². The maximum Gasteiger partial charge on any atom is 0.258 e. The molecule has 0 spiro atoms. The van der Waals surface area contributed by atoms with Crippen LogP contribution in [0.2, 0.25) is 5.02 Å². The van der Waals surface area contributed by atoms with E-state index in [0.29, 0.717) is 46.8 Å². The number of para-hydroxylation sites is 1. The normalized spacial score (nSPS) is 15.6. The Bertz CT molecular complexity index is 1370. The molecule has 0 N–H and O–H groups in total. The fourth-order valence-corrected chi connectivity index (χ4v) is 4.58. The first-order valence-corrected chi connectivity index (χ1v) is 12.5. The van der Waals surface area contributed by atoms with Crippen molar-refractivity contribution >= 4 is 17.5 Å². The zero-order chi connectivity index (χ0) is 25.9. The smallest absolute Gasteiger partial charge is 0.258 e. The Hall–Kier alpha value is -3.75. The van der Waals surface area contributed by atoms with Crippen LogP contribution in [0.4, 0.5) is 0 Å². The number of aromatic nitrogens is 3. The van der Waals surface area contributed by atoms with Crippen LogP contribution in [0.1, 0.15) is 29.8 Å². The van der Waals surface area contributed by atoms with E-state index in [0.717, 1.165) is 17.7 Å². The summed E-state index contributed by atoms with van der Waals surface area (Å²) in [6.07, 6.45) is 3.07. The maximum atomic E-state index is 13.6. The molecule has 0 bridgehead atoms. The molecule has 1 atom stereocenters. The number of hydrogen-bond acceptors (Lipinski definition) is 7. The van der Waals surface area contributed by atoms with Gasteiger partial charge in [0.15, 0.2) is 0 Å². The Kier molecular flexibility index (Phi) is 7.21. The average molecular weight is 518 g/mol. The van der Waals surface area contributed by atoms with Gasteiger partial charge >= 0.3 is 0 Å². The third kappa shape index (κ3) is 5.50. The van der Waals surface area contributed by atoms with Crippen LogP contribution < -0.4 is 4.74 Å². The number of fused-ring (bicyclic) bond motifs is 1. The highest BCUT2D eigenvalue weighted by Gasteiger charge is 2.33. The molecular weight excluding hydrogens is 490 g/mol. The van der Waals surface area contributed by atoms with Crippen LogP contribution in [0.25, 0.3) is 22.9 Å². The van der Waals surface area contributed by atoms with Gasteiger partial charge in [-0.1, -0.05) is 29.8 Å². The molecule has 8 nitrogen and oxygen atoms in total. The Morgan fingerprint density at radius 1 is 1.03 bits per heavy atom. The molecule has 1 amide bonds. The van der Waals surface area contributed by atoms with Crippen molar-refractivity contribution in [1.29, 1.82) is 0 Å². The second-order valence-electron chi connectivity index (χ2n) is 9.44. The number of nitrogens with zero attached hydrogens (tertiary/aromatic N) is 5. The van der Waals surface area contributed by atoms with Gasteiger partial charge in [-0.05, 0) is 62.9 Å². The summed E-state index contributed by atoms with van der Waals surface area (Å²) in [6.45, 7) is 5.82. The first-order valence-electron chi connectivity index (χ1n) is 12.2. The first kappa shape index (κ1) is 24.9. The van der Waals surface area contributed by atoms with Gasteiger partial charge in [0.2, 0.25) is 5.89 Å². The highest BCUT2D eigenvalue weighted by Crippen LogP contribution is 2.37. The zero-order valence-corrected chi connectivity index (χ0v) is 21.7. The van der Waals surface area contributed by atoms with Crippen molar-refractivity contribution in [1.82, 2.24) is 25.0 Å². The van der Waals surface area contributed by atoms with E-state index in [9.17, 15) is 4.79 Å². The molecule has 3 heterocycles. The zero-order valence-electron chi connectivity index (χ0n) is 21.0. The van der Waals surface area contributed by atoms with E-state index >= 15 is 0 Å². The molecular formula is C28H28ClN5O3. The minimum Gasteiger partial charge on any atom is -0.486 e. The molecule has 0 aliphatic carbocycles. The van der Waals surface area contributed by atoms with Crippen molar-refractivity contribution in [2.45, 2.75) is 32.5 Å². The fourth-order valence-electron chi connectivity index (χ4n) is 4.46. The lowest BCUT2D eigenvalue weighted by atomic mass is 10.1. The van der Waals surface area contributed by atoms with Crippen LogP contribution in [0, 0.1) is 0 Å². The summed E-state index contributed by atoms with van der Waals surface area (Å²) in [6, 6.07) is 16.9. The van der Waals surface area contributed by atoms with Crippen molar-refractivity contribution in [3.8, 4) is 28.7 Å². The lowest BCUT2D eigenvalue weighted by Gasteiger charge is -2.30. The van der Waals surface area contributed by atoms with Crippen LogP contribution in [0.3, 0.4) is 0 Å². The number of amides is 1. The molecule has 4 aromatic rings. The molecule has 5 rings (SSSR count). The van der Waals surface area contributed by atoms with Gasteiger partial charge in [-0.2, -0.15) is 0 Å². The molecule has 1 aliphatic rings. The number of carbonyl (C=O) groups excluding carboxylic acids is 1. The van der Waals surface area contributed by atoms with Gasteiger partial charge in [0, 0.05) is 42.1 Å². The number of hydrogen-bond donors (Lipinski definition) is 0. The Morgan fingerprint density at radius 2 is 1.73 bits per heavy atom. The van der Waals surface area contributed by atoms with Crippen molar-refractivity contribution in [2.75, 3.05) is 20.1 Å². The van der Waals surface area contributed by atoms with Gasteiger partial charge in [-0.3, -0.25) is 14.7 Å². The number of ether oxygens (including phenoxy) is 1. The van der Waals surface area contributed by atoms with Crippen molar-refractivity contribution < 1.29 is 13.9 Å². The van der Waals surface area contributed by atoms with Gasteiger partial charge in [-0.25, -0.2) is 0 Å². The summed E-state index contributed by atoms with van der Waals surface area (Å²) in [5.74, 6) is 1.05. The van der Waals surface area contributed by atoms with Gasteiger partial charge in [0.05, 0.1) is 17.7 Å². The molecule has 1 aliphatic heterocycles. The summed E-state index contributed by atoms with van der Waals surface area (Å²) < 4.78 is 12.6. The van der Waals surface area contributed by atoms with Gasteiger partial charge in [-0.15, -0.1) is 10.2 Å². The number of pyridine rings is 1. The topological polar surface area (TPSA) is 84.6 Å². The summed E-state index contributed by atoms with van der Waals surface area (Å²) in [5, 5.41) is 9.18. The van der Waals surface area contributed by atoms with Crippen molar-refractivity contribution in [3.63, 3.8) is 0 Å². The predicted octanol–water partition coefficient (Wildman–Crippen LogP) is 5.20. The minimum atomic E-state index is -0.270. The minimum absolute atomic E-state index is 0.0106.